The molecule has 0 unspecified atom stereocenters. The third kappa shape index (κ3) is 3.79. The molecule has 0 radical (unpaired) electrons. The van der Waals surface area contributed by atoms with E-state index in [0.29, 0.717) is 22.6 Å². The predicted molar refractivity (Wildman–Crippen MR) is 87.2 cm³/mol. The number of morpholine rings is 1. The second kappa shape index (κ2) is 5.49. The van der Waals surface area contributed by atoms with E-state index in [0.717, 1.165) is 0 Å². The Morgan fingerprint density at radius 2 is 1.71 bits per heavy atom. The van der Waals surface area contributed by atoms with Gasteiger partial charge in [0, 0.05) is 17.6 Å². The van der Waals surface area contributed by atoms with Crippen LogP contribution in [-0.2, 0) is 14.8 Å². The van der Waals surface area contributed by atoms with Crippen LogP contribution in [0.1, 0.15) is 27.7 Å². The first kappa shape index (κ1) is 17.2. The molecule has 21 heavy (non-hydrogen) atoms. The first-order chi connectivity index (χ1) is 9.43. The Bertz CT molecular complexity index is 642. The summed E-state index contributed by atoms with van der Waals surface area (Å²) in [5.41, 5.74) is -1.06. The molecule has 0 amide bonds. The van der Waals surface area contributed by atoms with E-state index < -0.39 is 21.2 Å². The lowest BCUT2D eigenvalue weighted by atomic mass is 10.0. The number of benzene rings is 1. The molecule has 7 heteroatoms. The van der Waals surface area contributed by atoms with Crippen LogP contribution in [0.3, 0.4) is 0 Å². The molecule has 1 aliphatic rings. The first-order valence-corrected chi connectivity index (χ1v) is 9.19. The third-order valence-corrected chi connectivity index (χ3v) is 6.20. The average molecular weight is 397 g/mol. The Kier molecular flexibility index (Phi) is 4.50. The van der Waals surface area contributed by atoms with Gasteiger partial charge in [-0.25, -0.2) is 8.42 Å². The van der Waals surface area contributed by atoms with Crippen molar-refractivity contribution >= 4 is 37.6 Å². The second-order valence-electron chi connectivity index (χ2n) is 6.47. The Morgan fingerprint density at radius 1 is 1.19 bits per heavy atom. The van der Waals surface area contributed by atoms with Crippen LogP contribution in [0.4, 0.5) is 0 Å². The minimum absolute atomic E-state index is 0.229. The van der Waals surface area contributed by atoms with Crippen molar-refractivity contribution < 1.29 is 13.2 Å². The van der Waals surface area contributed by atoms with Gasteiger partial charge >= 0.3 is 0 Å². The maximum Gasteiger partial charge on any atom is 0.243 e. The van der Waals surface area contributed by atoms with Gasteiger partial charge in [-0.3, -0.25) is 0 Å². The lowest BCUT2D eigenvalue weighted by Gasteiger charge is -2.46. The molecule has 0 saturated carbocycles. The van der Waals surface area contributed by atoms with Gasteiger partial charge in [0.25, 0.3) is 0 Å². The van der Waals surface area contributed by atoms with E-state index >= 15 is 0 Å². The van der Waals surface area contributed by atoms with Crippen LogP contribution in [0.25, 0.3) is 0 Å². The number of halogens is 2. The van der Waals surface area contributed by atoms with E-state index in [-0.39, 0.29) is 4.90 Å². The smallest absolute Gasteiger partial charge is 0.243 e. The fourth-order valence-corrected chi connectivity index (χ4v) is 5.09. The van der Waals surface area contributed by atoms with Gasteiger partial charge in [-0.05, 0) is 61.8 Å². The van der Waals surface area contributed by atoms with Crippen LogP contribution in [-0.4, -0.2) is 37.0 Å². The van der Waals surface area contributed by atoms with E-state index in [1.54, 1.807) is 6.07 Å². The summed E-state index contributed by atoms with van der Waals surface area (Å²) in [7, 11) is -3.58. The van der Waals surface area contributed by atoms with Crippen molar-refractivity contribution in [3.63, 3.8) is 0 Å². The average Bonchev–Trinajstić information content (AvgIpc) is 2.28. The summed E-state index contributed by atoms with van der Waals surface area (Å²) in [6.07, 6.45) is 0. The number of hydrogen-bond acceptors (Lipinski definition) is 3. The van der Waals surface area contributed by atoms with Crippen LogP contribution in [0, 0.1) is 0 Å². The maximum atomic E-state index is 12.8. The van der Waals surface area contributed by atoms with Crippen LogP contribution in [0.5, 0.6) is 0 Å². The summed E-state index contributed by atoms with van der Waals surface area (Å²) in [6, 6.07) is 4.64. The van der Waals surface area contributed by atoms with E-state index in [1.807, 2.05) is 27.7 Å². The number of sulfonamides is 1. The molecule has 1 fully saturated rings. The Labute approximate surface area is 139 Å². The highest BCUT2D eigenvalue weighted by molar-refractivity contribution is 9.10. The number of ether oxygens (including phenoxy) is 1. The molecule has 4 nitrogen and oxygen atoms in total. The van der Waals surface area contributed by atoms with Gasteiger partial charge in [-0.1, -0.05) is 11.6 Å². The lowest BCUT2D eigenvalue weighted by Crippen LogP contribution is -2.58. The Balaban J connectivity index is 2.41. The molecule has 2 rings (SSSR count). The van der Waals surface area contributed by atoms with Crippen molar-refractivity contribution in [1.29, 1.82) is 0 Å². The van der Waals surface area contributed by atoms with E-state index in [1.165, 1.54) is 16.4 Å². The summed E-state index contributed by atoms with van der Waals surface area (Å²) in [5, 5.41) is 0.483. The molecule has 0 aliphatic carbocycles. The fraction of sp³-hybridized carbons (Fsp3) is 0.571. The highest BCUT2D eigenvalue weighted by Crippen LogP contribution is 2.33. The topological polar surface area (TPSA) is 46.6 Å². The molecule has 118 valence electrons. The third-order valence-electron chi connectivity index (χ3n) is 3.20. The van der Waals surface area contributed by atoms with Crippen molar-refractivity contribution in [2.75, 3.05) is 13.1 Å². The Hall–Kier alpha value is -0.140. The molecule has 1 heterocycles. The van der Waals surface area contributed by atoms with E-state index in [9.17, 15) is 8.42 Å². The quantitative estimate of drug-likeness (QED) is 0.766. The first-order valence-electron chi connectivity index (χ1n) is 6.58. The minimum Gasteiger partial charge on any atom is -0.367 e. The molecule has 0 aromatic heterocycles. The van der Waals surface area contributed by atoms with Crippen LogP contribution >= 0.6 is 27.5 Å². The summed E-state index contributed by atoms with van der Waals surface area (Å²) in [4.78, 5) is 0.229. The minimum atomic E-state index is -3.58. The van der Waals surface area contributed by atoms with Crippen molar-refractivity contribution in [2.45, 2.75) is 43.8 Å². The molecule has 0 atom stereocenters. The van der Waals surface area contributed by atoms with Crippen molar-refractivity contribution in [3.05, 3.63) is 27.7 Å². The lowest BCUT2D eigenvalue weighted by molar-refractivity contribution is -0.163. The molecular formula is C14H19BrClNO3S. The van der Waals surface area contributed by atoms with E-state index in [4.69, 9.17) is 16.3 Å². The van der Waals surface area contributed by atoms with Crippen molar-refractivity contribution in [3.8, 4) is 0 Å². The van der Waals surface area contributed by atoms with Crippen LogP contribution < -0.4 is 0 Å². The molecule has 0 spiro atoms. The summed E-state index contributed by atoms with van der Waals surface area (Å²) >= 11 is 9.20. The second-order valence-corrected chi connectivity index (χ2v) is 9.67. The zero-order valence-corrected chi connectivity index (χ0v) is 15.6. The molecule has 1 aromatic rings. The zero-order chi connectivity index (χ0) is 16.1. The summed E-state index contributed by atoms with van der Waals surface area (Å²) in [6.45, 7) is 8.23. The van der Waals surface area contributed by atoms with Crippen LogP contribution in [0.2, 0.25) is 5.02 Å². The standard InChI is InChI=1S/C14H19BrClNO3S/c1-13(2)8-17(9-14(3,4)20-13)21(18,19)10-5-6-12(16)11(15)7-10/h5-7H,8-9H2,1-4H3. The SMILES string of the molecule is CC1(C)CN(S(=O)(=O)c2ccc(Cl)c(Br)c2)CC(C)(C)O1. The maximum absolute atomic E-state index is 12.8. The molecule has 0 bridgehead atoms. The monoisotopic (exact) mass is 395 g/mol. The van der Waals surface area contributed by atoms with Gasteiger partial charge < -0.3 is 4.74 Å². The normalized spacial score (nSPS) is 22.2. The molecular weight excluding hydrogens is 378 g/mol. The van der Waals surface area contributed by atoms with Crippen molar-refractivity contribution in [2.24, 2.45) is 0 Å². The van der Waals surface area contributed by atoms with Crippen LogP contribution in [0.15, 0.2) is 27.6 Å². The van der Waals surface area contributed by atoms with E-state index in [2.05, 4.69) is 15.9 Å². The van der Waals surface area contributed by atoms with Crippen molar-refractivity contribution in [1.82, 2.24) is 4.31 Å². The Morgan fingerprint density at radius 3 is 2.19 bits per heavy atom. The summed E-state index contributed by atoms with van der Waals surface area (Å²) < 4.78 is 33.6. The predicted octanol–water partition coefficient (Wildman–Crippen LogP) is 3.68. The van der Waals surface area contributed by atoms with Gasteiger partial charge in [0.05, 0.1) is 21.1 Å². The zero-order valence-electron chi connectivity index (χ0n) is 12.5. The number of nitrogens with zero attached hydrogens (tertiary/aromatic N) is 1. The van der Waals surface area contributed by atoms with Gasteiger partial charge in [0.1, 0.15) is 0 Å². The number of hydrogen-bond donors (Lipinski definition) is 0. The largest absolute Gasteiger partial charge is 0.367 e. The molecule has 1 saturated heterocycles. The van der Waals surface area contributed by atoms with Gasteiger partial charge in [0.15, 0.2) is 0 Å². The van der Waals surface area contributed by atoms with Gasteiger partial charge in [0.2, 0.25) is 10.0 Å². The molecule has 1 aliphatic heterocycles. The van der Waals surface area contributed by atoms with Gasteiger partial charge in [-0.15, -0.1) is 0 Å². The number of rotatable bonds is 2. The summed E-state index contributed by atoms with van der Waals surface area (Å²) in [5.74, 6) is 0. The highest BCUT2D eigenvalue weighted by atomic mass is 79.9. The highest BCUT2D eigenvalue weighted by Gasteiger charge is 2.43. The fourth-order valence-electron chi connectivity index (χ4n) is 2.67. The van der Waals surface area contributed by atoms with Gasteiger partial charge in [-0.2, -0.15) is 4.31 Å². The molecule has 1 aromatic carbocycles. The molecule has 0 N–H and O–H groups in total.